The van der Waals surface area contributed by atoms with Crippen molar-refractivity contribution in [3.05, 3.63) is 59.4 Å². The molecule has 0 spiro atoms. The van der Waals surface area contributed by atoms with Gasteiger partial charge >= 0.3 is 5.97 Å². The maximum absolute atomic E-state index is 13.5. The highest BCUT2D eigenvalue weighted by Gasteiger charge is 2.20. The summed E-state index contributed by atoms with van der Waals surface area (Å²) in [6, 6.07) is 10.2. The van der Waals surface area contributed by atoms with Crippen molar-refractivity contribution >= 4 is 5.97 Å². The van der Waals surface area contributed by atoms with Crippen LogP contribution in [-0.2, 0) is 5.41 Å². The van der Waals surface area contributed by atoms with Crippen LogP contribution in [0.25, 0.3) is 0 Å². The lowest BCUT2D eigenvalue weighted by atomic mass is 9.86. The Morgan fingerprint density at radius 3 is 2.43 bits per heavy atom. The SMILES string of the molecule is CC(C)(C)c1cc(OC(=O)c2ccccc2F)ccc1O. The van der Waals surface area contributed by atoms with Crippen molar-refractivity contribution in [1.82, 2.24) is 0 Å². The van der Waals surface area contributed by atoms with E-state index in [0.717, 1.165) is 0 Å². The van der Waals surface area contributed by atoms with Crippen molar-refractivity contribution in [2.45, 2.75) is 26.2 Å². The topological polar surface area (TPSA) is 46.5 Å². The van der Waals surface area contributed by atoms with Crippen molar-refractivity contribution in [2.24, 2.45) is 0 Å². The van der Waals surface area contributed by atoms with Gasteiger partial charge in [-0.05, 0) is 35.7 Å². The first-order valence-corrected chi connectivity index (χ1v) is 6.59. The number of phenolic OH excluding ortho intramolecular Hbond substituents is 1. The largest absolute Gasteiger partial charge is 0.508 e. The molecule has 0 heterocycles. The number of ether oxygens (including phenoxy) is 1. The standard InChI is InChI=1S/C17H17FO3/c1-17(2,3)13-10-11(8-9-15(13)19)21-16(20)12-6-4-5-7-14(12)18/h4-10,19H,1-3H3. The molecule has 2 rings (SSSR count). The van der Waals surface area contributed by atoms with E-state index in [2.05, 4.69) is 0 Å². The van der Waals surface area contributed by atoms with Gasteiger partial charge in [0.25, 0.3) is 0 Å². The number of hydrogen-bond donors (Lipinski definition) is 1. The molecule has 21 heavy (non-hydrogen) atoms. The van der Waals surface area contributed by atoms with Crippen LogP contribution < -0.4 is 4.74 Å². The molecule has 0 atom stereocenters. The Labute approximate surface area is 123 Å². The molecule has 3 nitrogen and oxygen atoms in total. The van der Waals surface area contributed by atoms with Gasteiger partial charge in [0.1, 0.15) is 17.3 Å². The van der Waals surface area contributed by atoms with Gasteiger partial charge in [0.15, 0.2) is 0 Å². The van der Waals surface area contributed by atoms with Crippen LogP contribution >= 0.6 is 0 Å². The third kappa shape index (κ3) is 3.40. The van der Waals surface area contributed by atoms with E-state index in [1.54, 1.807) is 12.1 Å². The molecule has 0 unspecified atom stereocenters. The molecule has 4 heteroatoms. The second-order valence-electron chi connectivity index (χ2n) is 5.80. The van der Waals surface area contributed by atoms with E-state index in [4.69, 9.17) is 4.74 Å². The third-order valence-corrected chi connectivity index (χ3v) is 3.08. The number of benzene rings is 2. The average Bonchev–Trinajstić information content (AvgIpc) is 2.40. The van der Waals surface area contributed by atoms with Crippen LogP contribution in [0.15, 0.2) is 42.5 Å². The molecule has 2 aromatic rings. The molecule has 0 radical (unpaired) electrons. The summed E-state index contributed by atoms with van der Waals surface area (Å²) in [5.74, 6) is -0.991. The summed E-state index contributed by atoms with van der Waals surface area (Å²) in [5, 5.41) is 9.87. The van der Waals surface area contributed by atoms with E-state index in [0.29, 0.717) is 5.56 Å². The van der Waals surface area contributed by atoms with Gasteiger partial charge in [0.05, 0.1) is 5.56 Å². The molecule has 0 saturated carbocycles. The van der Waals surface area contributed by atoms with Crippen LogP contribution in [0.2, 0.25) is 0 Å². The Hall–Kier alpha value is -2.36. The molecule has 2 aromatic carbocycles. The number of phenols is 1. The number of carbonyl (C=O) groups excluding carboxylic acids is 1. The van der Waals surface area contributed by atoms with Crippen molar-refractivity contribution < 1.29 is 19.0 Å². The lowest BCUT2D eigenvalue weighted by molar-refractivity contribution is 0.0729. The fourth-order valence-corrected chi connectivity index (χ4v) is 1.97. The highest BCUT2D eigenvalue weighted by Crippen LogP contribution is 2.33. The van der Waals surface area contributed by atoms with Crippen LogP contribution in [0.3, 0.4) is 0 Å². The van der Waals surface area contributed by atoms with Crippen molar-refractivity contribution in [1.29, 1.82) is 0 Å². The minimum Gasteiger partial charge on any atom is -0.508 e. The zero-order valence-corrected chi connectivity index (χ0v) is 12.2. The summed E-state index contributed by atoms with van der Waals surface area (Å²) in [6.45, 7) is 5.81. The summed E-state index contributed by atoms with van der Waals surface area (Å²) < 4.78 is 18.7. The van der Waals surface area contributed by atoms with Gasteiger partial charge in [-0.3, -0.25) is 0 Å². The molecular weight excluding hydrogens is 271 g/mol. The van der Waals surface area contributed by atoms with Crippen LogP contribution in [0.1, 0.15) is 36.7 Å². The summed E-state index contributed by atoms with van der Waals surface area (Å²) >= 11 is 0. The van der Waals surface area contributed by atoms with E-state index in [-0.39, 0.29) is 22.5 Å². The number of halogens is 1. The molecule has 1 N–H and O–H groups in total. The molecule has 0 fully saturated rings. The van der Waals surface area contributed by atoms with E-state index in [1.165, 1.54) is 30.3 Å². The molecule has 0 aliphatic rings. The molecule has 0 aromatic heterocycles. The Balaban J connectivity index is 2.29. The molecule has 0 amide bonds. The van der Waals surface area contributed by atoms with Gasteiger partial charge in [0, 0.05) is 5.56 Å². The van der Waals surface area contributed by atoms with Crippen molar-refractivity contribution in [3.63, 3.8) is 0 Å². The van der Waals surface area contributed by atoms with Crippen LogP contribution in [0.5, 0.6) is 11.5 Å². The highest BCUT2D eigenvalue weighted by molar-refractivity contribution is 5.91. The summed E-state index contributed by atoms with van der Waals surface area (Å²) in [5.41, 5.74) is 0.231. The minimum absolute atomic E-state index is 0.122. The molecule has 0 aliphatic carbocycles. The lowest BCUT2D eigenvalue weighted by Gasteiger charge is -2.21. The zero-order chi connectivity index (χ0) is 15.6. The van der Waals surface area contributed by atoms with Gasteiger partial charge in [-0.1, -0.05) is 32.9 Å². The maximum Gasteiger partial charge on any atom is 0.346 e. The lowest BCUT2D eigenvalue weighted by Crippen LogP contribution is -2.14. The molecule has 0 bridgehead atoms. The number of rotatable bonds is 2. The summed E-state index contributed by atoms with van der Waals surface area (Å²) in [4.78, 5) is 12.0. The van der Waals surface area contributed by atoms with E-state index in [9.17, 15) is 14.3 Å². The number of carbonyl (C=O) groups is 1. The maximum atomic E-state index is 13.5. The normalized spacial score (nSPS) is 11.2. The van der Waals surface area contributed by atoms with Gasteiger partial charge < -0.3 is 9.84 Å². The Morgan fingerprint density at radius 1 is 1.14 bits per heavy atom. The van der Waals surface area contributed by atoms with Gasteiger partial charge in [-0.25, -0.2) is 9.18 Å². The first-order valence-electron chi connectivity index (χ1n) is 6.59. The quantitative estimate of drug-likeness (QED) is 0.670. The predicted octanol–water partition coefficient (Wildman–Crippen LogP) is 4.05. The van der Waals surface area contributed by atoms with Crippen LogP contribution in [0, 0.1) is 5.82 Å². The zero-order valence-electron chi connectivity index (χ0n) is 12.2. The fraction of sp³-hybridized carbons (Fsp3) is 0.235. The number of aromatic hydroxyl groups is 1. The average molecular weight is 288 g/mol. The number of esters is 1. The van der Waals surface area contributed by atoms with Crippen LogP contribution in [-0.4, -0.2) is 11.1 Å². The molecule has 0 saturated heterocycles. The van der Waals surface area contributed by atoms with Gasteiger partial charge in [-0.2, -0.15) is 0 Å². The molecule has 110 valence electrons. The van der Waals surface area contributed by atoms with E-state index in [1.807, 2.05) is 20.8 Å². The number of hydrogen-bond acceptors (Lipinski definition) is 3. The Kier molecular flexibility index (Phi) is 3.98. The first kappa shape index (κ1) is 15.0. The summed E-state index contributed by atoms with van der Waals surface area (Å²) in [6.07, 6.45) is 0. The van der Waals surface area contributed by atoms with E-state index >= 15 is 0 Å². The second kappa shape index (κ2) is 5.56. The third-order valence-electron chi connectivity index (χ3n) is 3.08. The smallest absolute Gasteiger partial charge is 0.346 e. The van der Waals surface area contributed by atoms with Crippen molar-refractivity contribution in [3.8, 4) is 11.5 Å². The minimum atomic E-state index is -0.765. The summed E-state index contributed by atoms with van der Waals surface area (Å²) in [7, 11) is 0. The Bertz CT molecular complexity index is 672. The van der Waals surface area contributed by atoms with E-state index < -0.39 is 11.8 Å². The Morgan fingerprint density at radius 2 is 1.81 bits per heavy atom. The molecular formula is C17H17FO3. The van der Waals surface area contributed by atoms with Crippen LogP contribution in [0.4, 0.5) is 4.39 Å². The first-order chi connectivity index (χ1) is 9.79. The highest BCUT2D eigenvalue weighted by atomic mass is 19.1. The monoisotopic (exact) mass is 288 g/mol. The van der Waals surface area contributed by atoms with Gasteiger partial charge in [-0.15, -0.1) is 0 Å². The second-order valence-corrected chi connectivity index (χ2v) is 5.80. The van der Waals surface area contributed by atoms with Gasteiger partial charge in [0.2, 0.25) is 0 Å². The fourth-order valence-electron chi connectivity index (χ4n) is 1.97. The molecule has 0 aliphatic heterocycles. The van der Waals surface area contributed by atoms with Crippen molar-refractivity contribution in [2.75, 3.05) is 0 Å². The predicted molar refractivity (Wildman–Crippen MR) is 78.2 cm³/mol.